The molecule has 0 aromatic heterocycles. The Morgan fingerprint density at radius 2 is 2.06 bits per heavy atom. The van der Waals surface area contributed by atoms with Gasteiger partial charge in [0.1, 0.15) is 0 Å². The molecule has 0 saturated carbocycles. The number of rotatable bonds is 4. The van der Waals surface area contributed by atoms with Crippen molar-refractivity contribution in [1.82, 2.24) is 4.90 Å². The Labute approximate surface area is 99.8 Å². The minimum absolute atomic E-state index is 0.0505. The molecule has 0 bridgehead atoms. The van der Waals surface area contributed by atoms with Crippen LogP contribution in [0.1, 0.15) is 40.0 Å². The Bertz CT molecular complexity index is 208. The summed E-state index contributed by atoms with van der Waals surface area (Å²) in [6.07, 6.45) is 3.23. The summed E-state index contributed by atoms with van der Waals surface area (Å²) in [7, 11) is 4.07. The molecule has 1 fully saturated rings. The van der Waals surface area contributed by atoms with Crippen LogP contribution in [0.5, 0.6) is 0 Å². The molecule has 0 aromatic carbocycles. The van der Waals surface area contributed by atoms with E-state index in [1.54, 1.807) is 0 Å². The number of aliphatic hydroxyl groups is 1. The molecule has 1 N–H and O–H groups in total. The largest absolute Gasteiger partial charge is 0.389 e. The van der Waals surface area contributed by atoms with Crippen molar-refractivity contribution >= 4 is 0 Å². The molecule has 0 radical (unpaired) electrons. The Morgan fingerprint density at radius 3 is 2.56 bits per heavy atom. The summed E-state index contributed by atoms with van der Waals surface area (Å²) in [5.41, 5.74) is 0. The molecule has 1 saturated heterocycles. The van der Waals surface area contributed by atoms with Gasteiger partial charge in [-0.1, -0.05) is 20.3 Å². The van der Waals surface area contributed by atoms with E-state index in [-0.39, 0.29) is 18.2 Å². The van der Waals surface area contributed by atoms with Gasteiger partial charge < -0.3 is 14.7 Å². The van der Waals surface area contributed by atoms with Crippen molar-refractivity contribution in [3.05, 3.63) is 0 Å². The minimum atomic E-state index is -0.361. The molecule has 3 nitrogen and oxygen atoms in total. The summed E-state index contributed by atoms with van der Waals surface area (Å²) < 4.78 is 5.92. The number of nitrogens with zero attached hydrogens (tertiary/aromatic N) is 1. The smallest absolute Gasteiger partial charge is 0.0954 e. The number of likely N-dealkylation sites (N-methyl/N-ethyl adjacent to an activating group) is 1. The maximum absolute atomic E-state index is 10.1. The monoisotopic (exact) mass is 229 g/mol. The van der Waals surface area contributed by atoms with Crippen molar-refractivity contribution in [2.75, 3.05) is 14.1 Å². The summed E-state index contributed by atoms with van der Waals surface area (Å²) in [5, 5.41) is 10.1. The van der Waals surface area contributed by atoms with Crippen LogP contribution < -0.4 is 0 Å². The molecule has 0 aromatic rings. The van der Waals surface area contributed by atoms with Gasteiger partial charge in [-0.3, -0.25) is 0 Å². The average molecular weight is 229 g/mol. The standard InChI is InChI=1S/C13H27NO2/c1-6-7-9(2)12-8-11(14(4)5)13(15)10(3)16-12/h9-13,15H,6-8H2,1-5H3/t9?,10-,11-,12?,13-/m1/s1. The molecule has 2 unspecified atom stereocenters. The third kappa shape index (κ3) is 3.19. The predicted octanol–water partition coefficient (Wildman–Crippen LogP) is 1.89. The zero-order valence-electron chi connectivity index (χ0n) is 11.3. The lowest BCUT2D eigenvalue weighted by Crippen LogP contribution is -2.54. The van der Waals surface area contributed by atoms with Crippen LogP contribution in [0, 0.1) is 5.92 Å². The molecule has 0 aliphatic carbocycles. The van der Waals surface area contributed by atoms with Gasteiger partial charge in [0.25, 0.3) is 0 Å². The van der Waals surface area contributed by atoms with Crippen LogP contribution >= 0.6 is 0 Å². The Hall–Kier alpha value is -0.120. The SMILES string of the molecule is CCCC(C)C1C[C@@H](N(C)C)[C@H](O)[C@@H](C)O1. The van der Waals surface area contributed by atoms with E-state index in [4.69, 9.17) is 4.74 Å². The first-order valence-electron chi connectivity index (χ1n) is 6.47. The van der Waals surface area contributed by atoms with Gasteiger partial charge in [-0.2, -0.15) is 0 Å². The molecule has 96 valence electrons. The van der Waals surface area contributed by atoms with Crippen LogP contribution in [0.15, 0.2) is 0 Å². The van der Waals surface area contributed by atoms with Crippen molar-refractivity contribution in [3.63, 3.8) is 0 Å². The van der Waals surface area contributed by atoms with Crippen LogP contribution in [-0.2, 0) is 4.74 Å². The fraction of sp³-hybridized carbons (Fsp3) is 1.00. The van der Waals surface area contributed by atoms with Gasteiger partial charge in [-0.15, -0.1) is 0 Å². The maximum atomic E-state index is 10.1. The molecular weight excluding hydrogens is 202 g/mol. The van der Waals surface area contributed by atoms with Crippen LogP contribution in [0.3, 0.4) is 0 Å². The first-order valence-corrected chi connectivity index (χ1v) is 6.47. The van der Waals surface area contributed by atoms with Crippen LogP contribution in [0.25, 0.3) is 0 Å². The summed E-state index contributed by atoms with van der Waals surface area (Å²) >= 11 is 0. The minimum Gasteiger partial charge on any atom is -0.389 e. The van der Waals surface area contributed by atoms with Crippen molar-refractivity contribution in [1.29, 1.82) is 0 Å². The Morgan fingerprint density at radius 1 is 1.44 bits per heavy atom. The van der Waals surface area contributed by atoms with Crippen LogP contribution in [-0.4, -0.2) is 48.5 Å². The van der Waals surface area contributed by atoms with E-state index in [2.05, 4.69) is 18.7 Å². The highest BCUT2D eigenvalue weighted by Gasteiger charge is 2.37. The zero-order chi connectivity index (χ0) is 12.3. The number of aliphatic hydroxyl groups excluding tert-OH is 1. The lowest BCUT2D eigenvalue weighted by Gasteiger charge is -2.43. The lowest BCUT2D eigenvalue weighted by molar-refractivity contribution is -0.154. The summed E-state index contributed by atoms with van der Waals surface area (Å²) in [4.78, 5) is 2.12. The topological polar surface area (TPSA) is 32.7 Å². The number of hydrogen-bond donors (Lipinski definition) is 1. The highest BCUT2D eigenvalue weighted by Crippen LogP contribution is 2.29. The highest BCUT2D eigenvalue weighted by atomic mass is 16.5. The molecule has 5 atom stereocenters. The molecule has 0 spiro atoms. The van der Waals surface area contributed by atoms with E-state index in [1.165, 1.54) is 12.8 Å². The van der Waals surface area contributed by atoms with E-state index < -0.39 is 0 Å². The molecule has 1 rings (SSSR count). The van der Waals surface area contributed by atoms with Gasteiger partial charge >= 0.3 is 0 Å². The molecule has 16 heavy (non-hydrogen) atoms. The number of hydrogen-bond acceptors (Lipinski definition) is 3. The third-order valence-electron chi connectivity index (χ3n) is 3.78. The van der Waals surface area contributed by atoms with E-state index in [0.29, 0.717) is 12.0 Å². The van der Waals surface area contributed by atoms with E-state index in [1.807, 2.05) is 21.0 Å². The normalized spacial score (nSPS) is 37.7. The van der Waals surface area contributed by atoms with Crippen molar-refractivity contribution in [2.24, 2.45) is 5.92 Å². The van der Waals surface area contributed by atoms with E-state index in [0.717, 1.165) is 6.42 Å². The second-order valence-electron chi connectivity index (χ2n) is 5.40. The zero-order valence-corrected chi connectivity index (χ0v) is 11.3. The fourth-order valence-corrected chi connectivity index (χ4v) is 2.63. The quantitative estimate of drug-likeness (QED) is 0.799. The molecule has 3 heteroatoms. The van der Waals surface area contributed by atoms with Gasteiger partial charge in [0.05, 0.1) is 18.3 Å². The molecule has 0 amide bonds. The second-order valence-corrected chi connectivity index (χ2v) is 5.40. The second kappa shape index (κ2) is 5.99. The van der Waals surface area contributed by atoms with E-state index >= 15 is 0 Å². The Balaban J connectivity index is 2.63. The lowest BCUT2D eigenvalue weighted by atomic mass is 9.87. The molecule has 1 aliphatic heterocycles. The van der Waals surface area contributed by atoms with Crippen molar-refractivity contribution < 1.29 is 9.84 Å². The van der Waals surface area contributed by atoms with Gasteiger partial charge in [-0.05, 0) is 39.8 Å². The predicted molar refractivity (Wildman–Crippen MR) is 66.5 cm³/mol. The van der Waals surface area contributed by atoms with Crippen LogP contribution in [0.2, 0.25) is 0 Å². The van der Waals surface area contributed by atoms with Gasteiger partial charge in [0.2, 0.25) is 0 Å². The van der Waals surface area contributed by atoms with Crippen molar-refractivity contribution in [3.8, 4) is 0 Å². The Kier molecular flexibility index (Phi) is 5.22. The average Bonchev–Trinajstić information content (AvgIpc) is 2.21. The molecule has 1 heterocycles. The van der Waals surface area contributed by atoms with Gasteiger partial charge in [-0.25, -0.2) is 0 Å². The van der Waals surface area contributed by atoms with Gasteiger partial charge in [0, 0.05) is 6.04 Å². The molecule has 1 aliphatic rings. The maximum Gasteiger partial charge on any atom is 0.0954 e. The fourth-order valence-electron chi connectivity index (χ4n) is 2.63. The summed E-state index contributed by atoms with van der Waals surface area (Å²) in [6.45, 7) is 6.44. The molecular formula is C13H27NO2. The number of ether oxygens (including phenoxy) is 1. The summed E-state index contributed by atoms with van der Waals surface area (Å²) in [6, 6.07) is 0.230. The highest BCUT2D eigenvalue weighted by molar-refractivity contribution is 4.89. The first-order chi connectivity index (χ1) is 7.47. The summed E-state index contributed by atoms with van der Waals surface area (Å²) in [5.74, 6) is 0.586. The first kappa shape index (κ1) is 13.9. The van der Waals surface area contributed by atoms with Crippen molar-refractivity contribution in [2.45, 2.75) is 64.4 Å². The van der Waals surface area contributed by atoms with Crippen LogP contribution in [0.4, 0.5) is 0 Å². The van der Waals surface area contributed by atoms with Gasteiger partial charge in [0.15, 0.2) is 0 Å². The van der Waals surface area contributed by atoms with E-state index in [9.17, 15) is 5.11 Å². The third-order valence-corrected chi connectivity index (χ3v) is 3.78.